The SMILES string of the molecule is CCCN(CCC)c1nc2nsnc2nc1Cl. The van der Waals surface area contributed by atoms with Gasteiger partial charge >= 0.3 is 0 Å². The lowest BCUT2D eigenvalue weighted by atomic mass is 10.3. The molecule has 2 heterocycles. The summed E-state index contributed by atoms with van der Waals surface area (Å²) in [6, 6.07) is 0. The summed E-state index contributed by atoms with van der Waals surface area (Å²) in [6.45, 7) is 6.11. The molecular weight excluding hydrogens is 258 g/mol. The molecule has 0 aromatic carbocycles. The van der Waals surface area contributed by atoms with Crippen molar-refractivity contribution < 1.29 is 0 Å². The quantitative estimate of drug-likeness (QED) is 0.837. The van der Waals surface area contributed by atoms with E-state index in [0.717, 1.165) is 43.5 Å². The molecule has 17 heavy (non-hydrogen) atoms. The molecule has 0 unspecified atom stereocenters. The van der Waals surface area contributed by atoms with Crippen LogP contribution in [0, 0.1) is 0 Å². The minimum atomic E-state index is 0.409. The van der Waals surface area contributed by atoms with Crippen molar-refractivity contribution in [2.45, 2.75) is 26.7 Å². The largest absolute Gasteiger partial charge is 0.354 e. The number of aromatic nitrogens is 4. The van der Waals surface area contributed by atoms with Gasteiger partial charge in [0.15, 0.2) is 11.0 Å². The van der Waals surface area contributed by atoms with Crippen LogP contribution in [0.5, 0.6) is 0 Å². The molecule has 0 saturated carbocycles. The van der Waals surface area contributed by atoms with E-state index in [4.69, 9.17) is 11.6 Å². The third-order valence-electron chi connectivity index (χ3n) is 2.34. The third-order valence-corrected chi connectivity index (χ3v) is 3.10. The van der Waals surface area contributed by atoms with Gasteiger partial charge in [0.2, 0.25) is 11.3 Å². The summed E-state index contributed by atoms with van der Waals surface area (Å²) in [7, 11) is 0. The molecule has 0 aliphatic carbocycles. The zero-order valence-electron chi connectivity index (χ0n) is 9.85. The van der Waals surface area contributed by atoms with E-state index in [1.54, 1.807) is 0 Å². The van der Waals surface area contributed by atoms with Crippen LogP contribution in [0.15, 0.2) is 0 Å². The lowest BCUT2D eigenvalue weighted by Crippen LogP contribution is -2.26. The van der Waals surface area contributed by atoms with Gasteiger partial charge in [-0.1, -0.05) is 25.4 Å². The van der Waals surface area contributed by atoms with Crippen molar-refractivity contribution in [2.24, 2.45) is 0 Å². The molecule has 0 spiro atoms. The van der Waals surface area contributed by atoms with Crippen LogP contribution in [0.25, 0.3) is 11.3 Å². The predicted octanol–water partition coefficient (Wildman–Crippen LogP) is 2.76. The predicted molar refractivity (Wildman–Crippen MR) is 70.8 cm³/mol. The molecule has 0 saturated heterocycles. The first-order valence-corrected chi connectivity index (χ1v) is 6.77. The zero-order valence-corrected chi connectivity index (χ0v) is 11.4. The van der Waals surface area contributed by atoms with E-state index in [1.807, 2.05) is 0 Å². The monoisotopic (exact) mass is 271 g/mol. The summed E-state index contributed by atoms with van der Waals surface area (Å²) < 4.78 is 8.12. The van der Waals surface area contributed by atoms with Crippen LogP contribution in [-0.2, 0) is 0 Å². The fraction of sp³-hybridized carbons (Fsp3) is 0.600. The Morgan fingerprint density at radius 2 is 1.65 bits per heavy atom. The zero-order chi connectivity index (χ0) is 12.3. The van der Waals surface area contributed by atoms with Crippen molar-refractivity contribution in [1.82, 2.24) is 18.7 Å². The van der Waals surface area contributed by atoms with E-state index in [0.29, 0.717) is 16.4 Å². The molecule has 2 aromatic heterocycles. The van der Waals surface area contributed by atoms with Gasteiger partial charge in [-0.2, -0.15) is 8.75 Å². The summed E-state index contributed by atoms with van der Waals surface area (Å²) in [5.74, 6) is 0.718. The van der Waals surface area contributed by atoms with E-state index < -0.39 is 0 Å². The lowest BCUT2D eigenvalue weighted by molar-refractivity contribution is 0.734. The lowest BCUT2D eigenvalue weighted by Gasteiger charge is -2.22. The normalized spacial score (nSPS) is 11.0. The van der Waals surface area contributed by atoms with Crippen LogP contribution >= 0.6 is 23.3 Å². The van der Waals surface area contributed by atoms with E-state index in [1.165, 1.54) is 0 Å². The van der Waals surface area contributed by atoms with Crippen LogP contribution in [0.4, 0.5) is 5.82 Å². The van der Waals surface area contributed by atoms with E-state index >= 15 is 0 Å². The first-order valence-electron chi connectivity index (χ1n) is 5.67. The maximum Gasteiger partial charge on any atom is 0.214 e. The van der Waals surface area contributed by atoms with Crippen molar-refractivity contribution in [3.8, 4) is 0 Å². The highest BCUT2D eigenvalue weighted by Crippen LogP contribution is 2.24. The fourth-order valence-electron chi connectivity index (χ4n) is 1.67. The Morgan fingerprint density at radius 1 is 1.06 bits per heavy atom. The molecule has 2 aromatic rings. The summed E-state index contributed by atoms with van der Waals surface area (Å²) in [5.41, 5.74) is 1.10. The molecule has 0 bridgehead atoms. The second kappa shape index (κ2) is 5.55. The Bertz CT molecular complexity index is 494. The Labute approximate surface area is 109 Å². The van der Waals surface area contributed by atoms with Crippen LogP contribution in [0.1, 0.15) is 26.7 Å². The second-order valence-corrected chi connectivity index (χ2v) is 4.62. The number of fused-ring (bicyclic) bond motifs is 1. The first kappa shape index (κ1) is 12.4. The molecule has 0 radical (unpaired) electrons. The topological polar surface area (TPSA) is 54.8 Å². The molecule has 7 heteroatoms. The third kappa shape index (κ3) is 2.63. The number of hydrogen-bond acceptors (Lipinski definition) is 6. The van der Waals surface area contributed by atoms with Gasteiger partial charge in [0.1, 0.15) is 0 Å². The van der Waals surface area contributed by atoms with Crippen LogP contribution < -0.4 is 4.90 Å². The van der Waals surface area contributed by atoms with Crippen molar-refractivity contribution in [2.75, 3.05) is 18.0 Å². The molecule has 92 valence electrons. The molecule has 0 fully saturated rings. The summed E-state index contributed by atoms with van der Waals surface area (Å²) >= 11 is 7.25. The van der Waals surface area contributed by atoms with Crippen molar-refractivity contribution in [3.63, 3.8) is 0 Å². The first-order chi connectivity index (χ1) is 8.26. The van der Waals surface area contributed by atoms with Gasteiger partial charge in [-0.05, 0) is 12.8 Å². The average molecular weight is 272 g/mol. The van der Waals surface area contributed by atoms with Gasteiger partial charge in [-0.15, -0.1) is 0 Å². The highest BCUT2D eigenvalue weighted by Gasteiger charge is 2.15. The number of halogens is 1. The van der Waals surface area contributed by atoms with Gasteiger partial charge < -0.3 is 4.90 Å². The molecular formula is C10H14ClN5S. The molecule has 5 nitrogen and oxygen atoms in total. The van der Waals surface area contributed by atoms with Gasteiger partial charge in [0, 0.05) is 13.1 Å². The Morgan fingerprint density at radius 3 is 2.24 bits per heavy atom. The Balaban J connectivity index is 2.39. The number of rotatable bonds is 5. The molecule has 2 rings (SSSR count). The van der Waals surface area contributed by atoms with Gasteiger partial charge in [-0.3, -0.25) is 0 Å². The molecule has 0 N–H and O–H groups in total. The van der Waals surface area contributed by atoms with Gasteiger partial charge in [0.25, 0.3) is 0 Å². The van der Waals surface area contributed by atoms with Crippen LogP contribution in [0.2, 0.25) is 5.15 Å². The molecule has 0 amide bonds. The highest BCUT2D eigenvalue weighted by molar-refractivity contribution is 6.99. The minimum absolute atomic E-state index is 0.409. The fourth-order valence-corrected chi connectivity index (χ4v) is 2.36. The van der Waals surface area contributed by atoms with Crippen molar-refractivity contribution in [1.29, 1.82) is 0 Å². The maximum absolute atomic E-state index is 6.15. The van der Waals surface area contributed by atoms with Gasteiger partial charge in [0.05, 0.1) is 11.7 Å². The second-order valence-electron chi connectivity index (χ2n) is 3.74. The number of nitrogens with zero attached hydrogens (tertiary/aromatic N) is 5. The molecule has 0 atom stereocenters. The number of hydrogen-bond donors (Lipinski definition) is 0. The summed E-state index contributed by atoms with van der Waals surface area (Å²) in [5, 5.41) is 0.409. The van der Waals surface area contributed by atoms with Crippen LogP contribution in [0.3, 0.4) is 0 Å². The highest BCUT2D eigenvalue weighted by atomic mass is 35.5. The smallest absolute Gasteiger partial charge is 0.214 e. The standard InChI is InChI=1S/C10H14ClN5S/c1-3-5-16(6-4-2)10-7(11)12-8-9(13-10)15-17-14-8/h3-6H2,1-2H3. The van der Waals surface area contributed by atoms with E-state index in [2.05, 4.69) is 37.5 Å². The van der Waals surface area contributed by atoms with Crippen molar-refractivity contribution >= 4 is 40.4 Å². The van der Waals surface area contributed by atoms with Crippen molar-refractivity contribution in [3.05, 3.63) is 5.15 Å². The van der Waals surface area contributed by atoms with Gasteiger partial charge in [-0.25, -0.2) is 9.97 Å². The number of anilines is 1. The van der Waals surface area contributed by atoms with E-state index in [-0.39, 0.29) is 0 Å². The Hall–Kier alpha value is -1.01. The average Bonchev–Trinajstić information content (AvgIpc) is 2.74. The molecule has 0 aliphatic rings. The maximum atomic E-state index is 6.15. The summed E-state index contributed by atoms with van der Waals surface area (Å²) in [4.78, 5) is 10.8. The van der Waals surface area contributed by atoms with Crippen LogP contribution in [-0.4, -0.2) is 31.8 Å². The molecule has 0 aliphatic heterocycles. The summed E-state index contributed by atoms with van der Waals surface area (Å²) in [6.07, 6.45) is 2.09. The Kier molecular flexibility index (Phi) is 4.06. The van der Waals surface area contributed by atoms with E-state index in [9.17, 15) is 0 Å². The minimum Gasteiger partial charge on any atom is -0.354 e.